The van der Waals surface area contributed by atoms with Gasteiger partial charge in [0, 0.05) is 19.6 Å². The lowest BCUT2D eigenvalue weighted by Crippen LogP contribution is -2.52. The Morgan fingerprint density at radius 1 is 1.40 bits per heavy atom. The quantitative estimate of drug-likeness (QED) is 0.799. The first-order valence-corrected chi connectivity index (χ1v) is 7.50. The maximum Gasteiger partial charge on any atom is 0.410 e. The summed E-state index contributed by atoms with van der Waals surface area (Å²) < 4.78 is 5.11. The zero-order chi connectivity index (χ0) is 13.7. The Kier molecular flexibility index (Phi) is 2.56. The Morgan fingerprint density at radius 3 is 3.20 bits per heavy atom. The average Bonchev–Trinajstić information content (AvgIpc) is 3.04. The van der Waals surface area contributed by atoms with Crippen LogP contribution in [0, 0.1) is 6.92 Å². The van der Waals surface area contributed by atoms with Crippen molar-refractivity contribution in [2.24, 2.45) is 0 Å². The third kappa shape index (κ3) is 1.73. The molecule has 1 unspecified atom stereocenters. The lowest BCUT2D eigenvalue weighted by molar-refractivity contribution is 0.157. The van der Waals surface area contributed by atoms with Gasteiger partial charge < -0.3 is 9.64 Å². The third-order valence-electron chi connectivity index (χ3n) is 3.83. The van der Waals surface area contributed by atoms with Crippen molar-refractivity contribution >= 4 is 33.5 Å². The number of aromatic nitrogens is 2. The van der Waals surface area contributed by atoms with E-state index in [4.69, 9.17) is 4.74 Å². The monoisotopic (exact) mass is 290 g/mol. The molecule has 0 N–H and O–H groups in total. The molecule has 0 saturated carbocycles. The highest BCUT2D eigenvalue weighted by Gasteiger charge is 2.38. The Bertz CT molecular complexity index is 686. The maximum absolute atomic E-state index is 11.5. The molecule has 1 amide bonds. The molecule has 2 fully saturated rings. The number of ether oxygens (including phenoxy) is 1. The number of nitrogens with zero attached hydrogens (tertiary/aromatic N) is 4. The van der Waals surface area contributed by atoms with Gasteiger partial charge in [0.1, 0.15) is 23.1 Å². The number of anilines is 1. The molecule has 6 nitrogen and oxygen atoms in total. The van der Waals surface area contributed by atoms with Gasteiger partial charge in [0.25, 0.3) is 0 Å². The second-order valence-corrected chi connectivity index (χ2v) is 6.00. The van der Waals surface area contributed by atoms with Crippen LogP contribution in [0.3, 0.4) is 0 Å². The van der Waals surface area contributed by atoms with Crippen molar-refractivity contribution in [3.63, 3.8) is 0 Å². The van der Waals surface area contributed by atoms with E-state index >= 15 is 0 Å². The first kappa shape index (κ1) is 11.9. The van der Waals surface area contributed by atoms with E-state index in [0.717, 1.165) is 34.9 Å². The number of amides is 1. The van der Waals surface area contributed by atoms with Crippen molar-refractivity contribution in [3.8, 4) is 0 Å². The summed E-state index contributed by atoms with van der Waals surface area (Å²) in [6, 6.07) is 2.21. The highest BCUT2D eigenvalue weighted by atomic mass is 32.1. The molecule has 0 aromatic carbocycles. The molecule has 4 heterocycles. The van der Waals surface area contributed by atoms with Gasteiger partial charge in [-0.2, -0.15) is 0 Å². The highest BCUT2D eigenvalue weighted by Crippen LogP contribution is 2.30. The van der Waals surface area contributed by atoms with Gasteiger partial charge in [-0.15, -0.1) is 11.3 Å². The predicted octanol–water partition coefficient (Wildman–Crippen LogP) is 1.64. The van der Waals surface area contributed by atoms with Gasteiger partial charge in [0.2, 0.25) is 0 Å². The topological polar surface area (TPSA) is 58.6 Å². The smallest absolute Gasteiger partial charge is 0.410 e. The molecule has 104 valence electrons. The van der Waals surface area contributed by atoms with Crippen molar-refractivity contribution in [1.82, 2.24) is 14.9 Å². The Morgan fingerprint density at radius 2 is 2.30 bits per heavy atom. The highest BCUT2D eigenvalue weighted by molar-refractivity contribution is 7.16. The Balaban J connectivity index is 1.70. The lowest BCUT2D eigenvalue weighted by Gasteiger charge is -2.36. The van der Waals surface area contributed by atoms with Crippen LogP contribution in [-0.2, 0) is 4.74 Å². The minimum absolute atomic E-state index is 0.139. The average molecular weight is 290 g/mol. The molecule has 2 aromatic heterocycles. The van der Waals surface area contributed by atoms with Crippen LogP contribution in [0.5, 0.6) is 0 Å². The molecule has 2 aromatic rings. The third-order valence-corrected chi connectivity index (χ3v) is 4.64. The molecular formula is C13H14N4O2S. The van der Waals surface area contributed by atoms with Crippen LogP contribution in [0.25, 0.3) is 10.2 Å². The number of hydrogen-bond donors (Lipinski definition) is 0. The molecule has 0 radical (unpaired) electrons. The van der Waals surface area contributed by atoms with Crippen LogP contribution in [0.2, 0.25) is 0 Å². The van der Waals surface area contributed by atoms with Crippen molar-refractivity contribution in [1.29, 1.82) is 0 Å². The number of hydrogen-bond acceptors (Lipinski definition) is 6. The summed E-state index contributed by atoms with van der Waals surface area (Å²) in [5.74, 6) is 1.77. The van der Waals surface area contributed by atoms with E-state index in [9.17, 15) is 4.79 Å². The fraction of sp³-hybridized carbons (Fsp3) is 0.462. The molecule has 20 heavy (non-hydrogen) atoms. The number of cyclic esters (lactones) is 1. The van der Waals surface area contributed by atoms with Crippen molar-refractivity contribution in [2.75, 3.05) is 31.1 Å². The first-order chi connectivity index (χ1) is 9.72. The van der Waals surface area contributed by atoms with E-state index in [1.807, 2.05) is 17.2 Å². The SMILES string of the molecule is Cc1nc(N2CCN3C(=O)OCC3C2)c2ccsc2n1. The molecule has 2 aliphatic rings. The normalized spacial score (nSPS) is 22.2. The van der Waals surface area contributed by atoms with Crippen molar-refractivity contribution < 1.29 is 9.53 Å². The largest absolute Gasteiger partial charge is 0.447 e. The number of fused-ring (bicyclic) bond motifs is 2. The van der Waals surface area contributed by atoms with Crippen LogP contribution in [0.4, 0.5) is 10.6 Å². The molecule has 0 aliphatic carbocycles. The number of piperazine rings is 1. The van der Waals surface area contributed by atoms with Crippen LogP contribution in [-0.4, -0.2) is 53.2 Å². The van der Waals surface area contributed by atoms with Crippen LogP contribution < -0.4 is 4.90 Å². The summed E-state index contributed by atoms with van der Waals surface area (Å²) in [5, 5.41) is 3.14. The molecule has 7 heteroatoms. The summed E-state index contributed by atoms with van der Waals surface area (Å²) in [6.45, 7) is 4.64. The molecular weight excluding hydrogens is 276 g/mol. The van der Waals surface area contributed by atoms with Gasteiger partial charge in [0.05, 0.1) is 11.4 Å². The van der Waals surface area contributed by atoms with E-state index in [1.165, 1.54) is 0 Å². The standard InChI is InChI=1S/C13H14N4O2S/c1-8-14-11(10-2-5-20-12(10)15-8)16-3-4-17-9(6-16)7-19-13(17)18/h2,5,9H,3-4,6-7H2,1H3. The van der Waals surface area contributed by atoms with Gasteiger partial charge >= 0.3 is 6.09 Å². The van der Waals surface area contributed by atoms with E-state index in [1.54, 1.807) is 11.3 Å². The van der Waals surface area contributed by atoms with Gasteiger partial charge in [-0.05, 0) is 18.4 Å². The number of rotatable bonds is 1. The molecule has 2 aliphatic heterocycles. The maximum atomic E-state index is 11.5. The fourth-order valence-electron chi connectivity index (χ4n) is 2.87. The molecule has 0 bridgehead atoms. The Labute approximate surface area is 120 Å². The zero-order valence-electron chi connectivity index (χ0n) is 11.1. The molecule has 0 spiro atoms. The lowest BCUT2D eigenvalue weighted by atomic mass is 10.2. The summed E-state index contributed by atoms with van der Waals surface area (Å²) in [7, 11) is 0. The van der Waals surface area contributed by atoms with Gasteiger partial charge in [0.15, 0.2) is 0 Å². The van der Waals surface area contributed by atoms with Crippen LogP contribution >= 0.6 is 11.3 Å². The molecule has 4 rings (SSSR count). The Hall–Kier alpha value is -1.89. The number of thiophene rings is 1. The van der Waals surface area contributed by atoms with Gasteiger partial charge in [-0.1, -0.05) is 0 Å². The summed E-state index contributed by atoms with van der Waals surface area (Å²) in [4.78, 5) is 25.7. The molecule has 2 saturated heterocycles. The zero-order valence-corrected chi connectivity index (χ0v) is 11.9. The summed E-state index contributed by atoms with van der Waals surface area (Å²) in [5.41, 5.74) is 0. The van der Waals surface area contributed by atoms with Gasteiger partial charge in [-0.25, -0.2) is 14.8 Å². The first-order valence-electron chi connectivity index (χ1n) is 6.62. The van der Waals surface area contributed by atoms with Crippen molar-refractivity contribution in [3.05, 3.63) is 17.3 Å². The summed E-state index contributed by atoms with van der Waals surface area (Å²) in [6.07, 6.45) is -0.186. The van der Waals surface area contributed by atoms with Crippen LogP contribution in [0.15, 0.2) is 11.4 Å². The van der Waals surface area contributed by atoms with Crippen molar-refractivity contribution in [2.45, 2.75) is 13.0 Å². The number of carbonyl (C=O) groups excluding carboxylic acids is 1. The van der Waals surface area contributed by atoms with E-state index in [0.29, 0.717) is 13.2 Å². The molecule has 1 atom stereocenters. The number of carbonyl (C=O) groups is 1. The summed E-state index contributed by atoms with van der Waals surface area (Å²) >= 11 is 1.63. The second-order valence-electron chi connectivity index (χ2n) is 5.10. The minimum atomic E-state index is -0.186. The second kappa shape index (κ2) is 4.31. The van der Waals surface area contributed by atoms with E-state index in [2.05, 4.69) is 20.9 Å². The van der Waals surface area contributed by atoms with E-state index < -0.39 is 0 Å². The van der Waals surface area contributed by atoms with Gasteiger partial charge in [-0.3, -0.25) is 4.90 Å². The number of aryl methyl sites for hydroxylation is 1. The van der Waals surface area contributed by atoms with Crippen LogP contribution in [0.1, 0.15) is 5.82 Å². The fourth-order valence-corrected chi connectivity index (χ4v) is 3.67. The van der Waals surface area contributed by atoms with E-state index in [-0.39, 0.29) is 12.1 Å². The predicted molar refractivity (Wildman–Crippen MR) is 76.2 cm³/mol. The minimum Gasteiger partial charge on any atom is -0.447 e.